The Hall–Kier alpha value is -3.69. The number of fused-ring (bicyclic) bond motifs is 1. The van der Waals surface area contributed by atoms with E-state index < -0.39 is 28.7 Å². The minimum Gasteiger partial charge on any atom is -0.448 e. The van der Waals surface area contributed by atoms with Crippen LogP contribution < -0.4 is 5.32 Å². The Morgan fingerprint density at radius 1 is 1.00 bits per heavy atom. The third kappa shape index (κ3) is 4.36. The minimum absolute atomic E-state index is 0.00861. The number of nitrogens with zero attached hydrogens (tertiary/aromatic N) is 1. The molecule has 0 aliphatic carbocycles. The number of rotatable bonds is 7. The van der Waals surface area contributed by atoms with Crippen LogP contribution in [0.3, 0.4) is 0 Å². The zero-order valence-electron chi connectivity index (χ0n) is 19.2. The number of ether oxygens (including phenoxy) is 1. The molecule has 3 atom stereocenters. The van der Waals surface area contributed by atoms with Crippen LogP contribution in [0.5, 0.6) is 0 Å². The van der Waals surface area contributed by atoms with Gasteiger partial charge in [0.2, 0.25) is 11.8 Å². The standard InChI is InChI=1S/C27H22N2O5S2/c1-16(31)28-24-19(15-30)22(29-25(32)21(26(29)36-24)20-13-8-14-35-20)27(33)34-23(17-9-4-2-5-10-17)18-11-6-3-7-12-18/h2-15,21,23-24,26H,1H3,(H,28,31)/t21?,24?,26-/m1/s1. The SMILES string of the molecule is CC(=O)NC1S[C@@H]2C(c3cccs3)C(=O)N2C(C(=O)OC(c2ccccc2)c2ccccc2)=C1C=O. The molecule has 1 fully saturated rings. The first-order valence-corrected chi connectivity index (χ1v) is 13.1. The summed E-state index contributed by atoms with van der Waals surface area (Å²) in [5.74, 6) is -1.90. The van der Waals surface area contributed by atoms with E-state index in [-0.39, 0.29) is 23.1 Å². The van der Waals surface area contributed by atoms with E-state index >= 15 is 0 Å². The van der Waals surface area contributed by atoms with Crippen LogP contribution in [0, 0.1) is 0 Å². The number of carbonyl (C=O) groups is 4. The Morgan fingerprint density at radius 3 is 2.17 bits per heavy atom. The smallest absolute Gasteiger partial charge is 0.356 e. The molecule has 2 aliphatic rings. The number of thiophene rings is 1. The number of hydrogen-bond acceptors (Lipinski definition) is 7. The second-order valence-corrected chi connectivity index (χ2v) is 10.5. The Labute approximate surface area is 216 Å². The number of hydrogen-bond donors (Lipinski definition) is 1. The highest BCUT2D eigenvalue weighted by molar-refractivity contribution is 8.00. The van der Waals surface area contributed by atoms with Gasteiger partial charge < -0.3 is 10.1 Å². The lowest BCUT2D eigenvalue weighted by Crippen LogP contribution is -2.62. The summed E-state index contributed by atoms with van der Waals surface area (Å²) in [5.41, 5.74) is 1.38. The number of amides is 2. The quantitative estimate of drug-likeness (QED) is 0.289. The maximum atomic E-state index is 13.7. The summed E-state index contributed by atoms with van der Waals surface area (Å²) in [6.07, 6.45) is -0.233. The molecule has 7 nitrogen and oxygen atoms in total. The molecule has 1 aromatic heterocycles. The van der Waals surface area contributed by atoms with Gasteiger partial charge in [-0.2, -0.15) is 0 Å². The number of aldehydes is 1. The molecule has 1 N–H and O–H groups in total. The normalized spacial score (nSPS) is 21.0. The van der Waals surface area contributed by atoms with Gasteiger partial charge >= 0.3 is 5.97 Å². The van der Waals surface area contributed by atoms with E-state index in [1.54, 1.807) is 0 Å². The summed E-state index contributed by atoms with van der Waals surface area (Å²) in [4.78, 5) is 53.4. The van der Waals surface area contributed by atoms with E-state index in [4.69, 9.17) is 4.74 Å². The maximum absolute atomic E-state index is 13.7. The van der Waals surface area contributed by atoms with Crippen LogP contribution in [-0.2, 0) is 23.9 Å². The number of benzene rings is 2. The molecule has 0 spiro atoms. The molecule has 36 heavy (non-hydrogen) atoms. The van der Waals surface area contributed by atoms with E-state index in [0.29, 0.717) is 6.29 Å². The predicted octanol–water partition coefficient (Wildman–Crippen LogP) is 3.99. The topological polar surface area (TPSA) is 92.8 Å². The molecule has 0 saturated carbocycles. The van der Waals surface area contributed by atoms with Crippen molar-refractivity contribution < 1.29 is 23.9 Å². The average molecular weight is 519 g/mol. The molecular weight excluding hydrogens is 496 g/mol. The van der Waals surface area contributed by atoms with E-state index in [9.17, 15) is 19.2 Å². The zero-order chi connectivity index (χ0) is 25.2. The molecule has 5 rings (SSSR count). The molecule has 0 bridgehead atoms. The summed E-state index contributed by atoms with van der Waals surface area (Å²) in [5, 5.41) is 3.39. The lowest BCUT2D eigenvalue weighted by atomic mass is 9.93. The van der Waals surface area contributed by atoms with Crippen molar-refractivity contribution in [2.75, 3.05) is 0 Å². The first kappa shape index (κ1) is 24.0. The van der Waals surface area contributed by atoms with Gasteiger partial charge in [-0.3, -0.25) is 19.3 Å². The lowest BCUT2D eigenvalue weighted by Gasteiger charge is -2.51. The summed E-state index contributed by atoms with van der Waals surface area (Å²) in [6.45, 7) is 1.34. The van der Waals surface area contributed by atoms with Crippen molar-refractivity contribution in [3.05, 3.63) is 105 Å². The van der Waals surface area contributed by atoms with Crippen LogP contribution in [0.15, 0.2) is 89.4 Å². The second-order valence-electron chi connectivity index (χ2n) is 8.34. The first-order chi connectivity index (χ1) is 17.5. The molecule has 3 heterocycles. The molecule has 2 aromatic carbocycles. The fraction of sp³-hybridized carbons (Fsp3) is 0.185. The second kappa shape index (κ2) is 10.1. The third-order valence-electron chi connectivity index (χ3n) is 6.05. The van der Waals surface area contributed by atoms with E-state index in [2.05, 4.69) is 5.32 Å². The molecule has 2 aliphatic heterocycles. The van der Waals surface area contributed by atoms with Crippen molar-refractivity contribution in [1.29, 1.82) is 0 Å². The highest BCUT2D eigenvalue weighted by Crippen LogP contribution is 2.51. The average Bonchev–Trinajstić information content (AvgIpc) is 3.41. The van der Waals surface area contributed by atoms with Gasteiger partial charge in [0.15, 0.2) is 12.4 Å². The summed E-state index contributed by atoms with van der Waals surface area (Å²) in [7, 11) is 0. The van der Waals surface area contributed by atoms with Crippen molar-refractivity contribution in [1.82, 2.24) is 10.2 Å². The van der Waals surface area contributed by atoms with Crippen LogP contribution in [0.4, 0.5) is 0 Å². The number of thioether (sulfide) groups is 1. The van der Waals surface area contributed by atoms with Gasteiger partial charge in [-0.15, -0.1) is 23.1 Å². The molecule has 3 aromatic rings. The van der Waals surface area contributed by atoms with Crippen molar-refractivity contribution >= 4 is 47.2 Å². The number of carbonyl (C=O) groups excluding carboxylic acids is 4. The third-order valence-corrected chi connectivity index (χ3v) is 8.41. The molecule has 9 heteroatoms. The lowest BCUT2D eigenvalue weighted by molar-refractivity contribution is -0.153. The molecule has 182 valence electrons. The van der Waals surface area contributed by atoms with Crippen LogP contribution in [0.25, 0.3) is 0 Å². The first-order valence-electron chi connectivity index (χ1n) is 11.3. The fourth-order valence-corrected chi connectivity index (χ4v) is 6.94. The Balaban J connectivity index is 1.54. The van der Waals surface area contributed by atoms with Crippen LogP contribution in [0.2, 0.25) is 0 Å². The van der Waals surface area contributed by atoms with Crippen LogP contribution in [0.1, 0.15) is 34.9 Å². The van der Waals surface area contributed by atoms with Gasteiger partial charge in [0, 0.05) is 11.8 Å². The van der Waals surface area contributed by atoms with Crippen molar-refractivity contribution in [3.8, 4) is 0 Å². The zero-order valence-corrected chi connectivity index (χ0v) is 20.8. The van der Waals surface area contributed by atoms with E-state index in [1.807, 2.05) is 78.2 Å². The number of nitrogens with one attached hydrogen (secondary N) is 1. The molecule has 2 amide bonds. The molecular formula is C27H22N2O5S2. The van der Waals surface area contributed by atoms with Gasteiger partial charge in [0.25, 0.3) is 0 Å². The van der Waals surface area contributed by atoms with Crippen LogP contribution >= 0.6 is 23.1 Å². The Morgan fingerprint density at radius 2 is 1.64 bits per heavy atom. The minimum atomic E-state index is -0.798. The fourth-order valence-electron chi connectivity index (χ4n) is 4.42. The molecule has 2 unspecified atom stereocenters. The number of esters is 1. The molecule has 1 saturated heterocycles. The van der Waals surface area contributed by atoms with Gasteiger partial charge in [0.1, 0.15) is 22.4 Å². The van der Waals surface area contributed by atoms with Crippen molar-refractivity contribution in [2.24, 2.45) is 0 Å². The summed E-state index contributed by atoms with van der Waals surface area (Å²) < 4.78 is 6.01. The monoisotopic (exact) mass is 518 g/mol. The number of β-lactam (4-membered cyclic amide) rings is 1. The summed E-state index contributed by atoms with van der Waals surface area (Å²) in [6, 6.07) is 22.2. The van der Waals surface area contributed by atoms with Crippen LogP contribution in [-0.4, -0.2) is 39.7 Å². The van der Waals surface area contributed by atoms with Crippen molar-refractivity contribution in [2.45, 2.75) is 29.7 Å². The largest absolute Gasteiger partial charge is 0.448 e. The van der Waals surface area contributed by atoms with Gasteiger partial charge in [-0.1, -0.05) is 66.7 Å². The van der Waals surface area contributed by atoms with Gasteiger partial charge in [-0.05, 0) is 22.6 Å². The van der Waals surface area contributed by atoms with Gasteiger partial charge in [0.05, 0.1) is 5.57 Å². The van der Waals surface area contributed by atoms with Crippen molar-refractivity contribution in [3.63, 3.8) is 0 Å². The van der Waals surface area contributed by atoms with Gasteiger partial charge in [-0.25, -0.2) is 4.79 Å². The van der Waals surface area contributed by atoms with E-state index in [1.165, 1.54) is 34.9 Å². The Kier molecular flexibility index (Phi) is 6.75. The van der Waals surface area contributed by atoms with E-state index in [0.717, 1.165) is 16.0 Å². The highest BCUT2D eigenvalue weighted by Gasteiger charge is 2.57. The summed E-state index contributed by atoms with van der Waals surface area (Å²) >= 11 is 2.72. The Bertz CT molecular complexity index is 1290. The highest BCUT2D eigenvalue weighted by atomic mass is 32.2. The molecule has 0 radical (unpaired) electrons. The maximum Gasteiger partial charge on any atom is 0.356 e. The predicted molar refractivity (Wildman–Crippen MR) is 137 cm³/mol.